The topological polar surface area (TPSA) is 47.4 Å². The van der Waals surface area contributed by atoms with Crippen molar-refractivity contribution in [3.8, 4) is 5.75 Å². The molecule has 0 bridgehead atoms. The number of aromatic nitrogens is 2. The smallest absolute Gasteiger partial charge is 0.227 e. The van der Waals surface area contributed by atoms with Crippen LogP contribution in [0, 0.1) is 27.7 Å². The number of rotatable bonds is 8. The maximum atomic E-state index is 13.1. The number of anilines is 1. The third kappa shape index (κ3) is 5.01. The lowest BCUT2D eigenvalue weighted by Gasteiger charge is -2.19. The summed E-state index contributed by atoms with van der Waals surface area (Å²) in [7, 11) is 0. The van der Waals surface area contributed by atoms with Crippen LogP contribution in [0.3, 0.4) is 0 Å². The van der Waals surface area contributed by atoms with E-state index >= 15 is 0 Å². The van der Waals surface area contributed by atoms with E-state index in [4.69, 9.17) is 9.72 Å². The van der Waals surface area contributed by atoms with Crippen LogP contribution in [0.25, 0.3) is 11.0 Å². The van der Waals surface area contributed by atoms with Gasteiger partial charge >= 0.3 is 0 Å². The number of hydrogen-bond acceptors (Lipinski definition) is 3. The summed E-state index contributed by atoms with van der Waals surface area (Å²) in [6.07, 6.45) is 2.43. The van der Waals surface area contributed by atoms with Gasteiger partial charge in [0.1, 0.15) is 11.6 Å². The Kier molecular flexibility index (Phi) is 6.82. The number of benzene rings is 3. The molecule has 0 spiro atoms. The SMILES string of the molecule is Cc1cc(C)cc(N2CC(c3nc4ccccc4n3CCCCOc3ccc(C)c(C)c3)CC2=O)c1. The number of nitrogens with zero attached hydrogens (tertiary/aromatic N) is 3. The van der Waals surface area contributed by atoms with Gasteiger partial charge in [0.2, 0.25) is 5.91 Å². The standard InChI is InChI=1S/C31H35N3O2/c1-21-15-22(2)17-26(16-21)34-20-25(19-30(34)35)31-32-28-9-5-6-10-29(28)33(31)13-7-8-14-36-27-12-11-23(3)24(4)18-27/h5-6,9-12,15-18,25H,7-8,13-14,19-20H2,1-4H3. The Morgan fingerprint density at radius 3 is 2.47 bits per heavy atom. The number of carbonyl (C=O) groups is 1. The molecule has 1 aliphatic heterocycles. The molecule has 36 heavy (non-hydrogen) atoms. The summed E-state index contributed by atoms with van der Waals surface area (Å²) in [5.74, 6) is 2.21. The predicted molar refractivity (Wildman–Crippen MR) is 146 cm³/mol. The second kappa shape index (κ2) is 10.2. The Bertz CT molecular complexity index is 1380. The predicted octanol–water partition coefficient (Wildman–Crippen LogP) is 6.65. The first kappa shape index (κ1) is 24.1. The molecule has 1 amide bonds. The van der Waals surface area contributed by atoms with Crippen LogP contribution < -0.4 is 9.64 Å². The molecule has 1 fully saturated rings. The van der Waals surface area contributed by atoms with Crippen molar-refractivity contribution in [1.29, 1.82) is 0 Å². The highest BCUT2D eigenvalue weighted by Crippen LogP contribution is 2.34. The fourth-order valence-corrected chi connectivity index (χ4v) is 5.24. The van der Waals surface area contributed by atoms with Gasteiger partial charge in [-0.15, -0.1) is 0 Å². The van der Waals surface area contributed by atoms with E-state index in [0.29, 0.717) is 19.6 Å². The zero-order valence-corrected chi connectivity index (χ0v) is 21.8. The number of ether oxygens (including phenoxy) is 1. The quantitative estimate of drug-likeness (QED) is 0.265. The first-order valence-corrected chi connectivity index (χ1v) is 12.9. The van der Waals surface area contributed by atoms with Gasteiger partial charge in [-0.05, 0) is 99.2 Å². The Morgan fingerprint density at radius 2 is 1.69 bits per heavy atom. The van der Waals surface area contributed by atoms with Crippen molar-refractivity contribution in [3.05, 3.63) is 88.7 Å². The number of para-hydroxylation sites is 2. The number of fused-ring (bicyclic) bond motifs is 1. The molecule has 3 aromatic carbocycles. The molecule has 0 radical (unpaired) electrons. The van der Waals surface area contributed by atoms with Crippen molar-refractivity contribution in [2.75, 3.05) is 18.1 Å². The average Bonchev–Trinajstić information content (AvgIpc) is 3.41. The van der Waals surface area contributed by atoms with Crippen LogP contribution in [-0.4, -0.2) is 28.6 Å². The molecule has 5 rings (SSSR count). The van der Waals surface area contributed by atoms with E-state index in [0.717, 1.165) is 47.7 Å². The minimum Gasteiger partial charge on any atom is -0.494 e. The summed E-state index contributed by atoms with van der Waals surface area (Å²) in [5.41, 5.74) is 8.02. The summed E-state index contributed by atoms with van der Waals surface area (Å²) in [6.45, 7) is 10.6. The molecule has 1 atom stereocenters. The zero-order chi connectivity index (χ0) is 25.2. The van der Waals surface area contributed by atoms with E-state index in [2.05, 4.69) is 80.8 Å². The van der Waals surface area contributed by atoms with Gasteiger partial charge in [-0.1, -0.05) is 24.3 Å². The largest absolute Gasteiger partial charge is 0.494 e. The number of unbranched alkanes of at least 4 members (excludes halogenated alkanes) is 1. The second-order valence-corrected chi connectivity index (χ2v) is 10.2. The molecule has 5 nitrogen and oxygen atoms in total. The minimum absolute atomic E-state index is 0.0810. The number of imidazole rings is 1. The van der Waals surface area contributed by atoms with Gasteiger partial charge < -0.3 is 14.2 Å². The number of carbonyl (C=O) groups excluding carboxylic acids is 1. The fraction of sp³-hybridized carbons (Fsp3) is 0.355. The maximum Gasteiger partial charge on any atom is 0.227 e. The Hall–Kier alpha value is -3.60. The molecule has 186 valence electrons. The molecule has 1 saturated heterocycles. The lowest BCUT2D eigenvalue weighted by atomic mass is 10.1. The highest BCUT2D eigenvalue weighted by atomic mass is 16.5. The summed E-state index contributed by atoms with van der Waals surface area (Å²) in [5, 5.41) is 0. The van der Waals surface area contributed by atoms with Crippen LogP contribution in [0.2, 0.25) is 0 Å². The van der Waals surface area contributed by atoms with Crippen molar-refractivity contribution in [2.45, 2.75) is 59.4 Å². The van der Waals surface area contributed by atoms with Crippen molar-refractivity contribution >= 4 is 22.6 Å². The van der Waals surface area contributed by atoms with E-state index in [1.54, 1.807) is 0 Å². The normalized spacial score (nSPS) is 15.7. The molecule has 4 aromatic rings. The van der Waals surface area contributed by atoms with Crippen LogP contribution >= 0.6 is 0 Å². The number of amides is 1. The monoisotopic (exact) mass is 481 g/mol. The summed E-state index contributed by atoms with van der Waals surface area (Å²) in [4.78, 5) is 20.0. The highest BCUT2D eigenvalue weighted by molar-refractivity contribution is 5.96. The van der Waals surface area contributed by atoms with Gasteiger partial charge in [0.15, 0.2) is 0 Å². The van der Waals surface area contributed by atoms with Crippen molar-refractivity contribution in [1.82, 2.24) is 9.55 Å². The maximum absolute atomic E-state index is 13.1. The number of hydrogen-bond donors (Lipinski definition) is 0. The molecular weight excluding hydrogens is 446 g/mol. The van der Waals surface area contributed by atoms with Gasteiger partial charge in [0, 0.05) is 31.1 Å². The first-order valence-electron chi connectivity index (χ1n) is 12.9. The van der Waals surface area contributed by atoms with Gasteiger partial charge in [0.25, 0.3) is 0 Å². The Labute approximate surface area is 213 Å². The zero-order valence-electron chi connectivity index (χ0n) is 21.8. The average molecular weight is 482 g/mol. The second-order valence-electron chi connectivity index (χ2n) is 10.2. The molecule has 5 heteroatoms. The lowest BCUT2D eigenvalue weighted by molar-refractivity contribution is -0.117. The summed E-state index contributed by atoms with van der Waals surface area (Å²) >= 11 is 0. The van der Waals surface area contributed by atoms with Gasteiger partial charge in [-0.3, -0.25) is 4.79 Å². The van der Waals surface area contributed by atoms with Gasteiger partial charge in [-0.2, -0.15) is 0 Å². The van der Waals surface area contributed by atoms with Crippen LogP contribution in [0.15, 0.2) is 60.7 Å². The summed E-state index contributed by atoms with van der Waals surface area (Å²) in [6, 6.07) is 20.9. The van der Waals surface area contributed by atoms with Crippen molar-refractivity contribution in [3.63, 3.8) is 0 Å². The Morgan fingerprint density at radius 1 is 0.917 bits per heavy atom. The van der Waals surface area contributed by atoms with E-state index < -0.39 is 0 Å². The van der Waals surface area contributed by atoms with Crippen LogP contribution in [0.4, 0.5) is 5.69 Å². The minimum atomic E-state index is 0.0810. The molecule has 1 unspecified atom stereocenters. The van der Waals surface area contributed by atoms with E-state index in [-0.39, 0.29) is 11.8 Å². The molecule has 0 saturated carbocycles. The lowest BCUT2D eigenvalue weighted by Crippen LogP contribution is -2.24. The van der Waals surface area contributed by atoms with Gasteiger partial charge in [0.05, 0.1) is 17.6 Å². The van der Waals surface area contributed by atoms with Crippen LogP contribution in [-0.2, 0) is 11.3 Å². The van der Waals surface area contributed by atoms with Crippen molar-refractivity contribution < 1.29 is 9.53 Å². The Balaban J connectivity index is 1.29. The third-order valence-electron chi connectivity index (χ3n) is 7.22. The number of aryl methyl sites for hydroxylation is 5. The van der Waals surface area contributed by atoms with Crippen LogP contribution in [0.1, 0.15) is 53.3 Å². The summed E-state index contributed by atoms with van der Waals surface area (Å²) < 4.78 is 8.33. The van der Waals surface area contributed by atoms with Gasteiger partial charge in [-0.25, -0.2) is 4.98 Å². The third-order valence-corrected chi connectivity index (χ3v) is 7.22. The molecular formula is C31H35N3O2. The molecule has 0 N–H and O–H groups in total. The van der Waals surface area contributed by atoms with Crippen LogP contribution in [0.5, 0.6) is 5.75 Å². The van der Waals surface area contributed by atoms with E-state index in [1.165, 1.54) is 22.3 Å². The molecule has 1 aromatic heterocycles. The highest BCUT2D eigenvalue weighted by Gasteiger charge is 2.35. The fourth-order valence-electron chi connectivity index (χ4n) is 5.24. The van der Waals surface area contributed by atoms with E-state index in [1.807, 2.05) is 17.0 Å². The van der Waals surface area contributed by atoms with E-state index in [9.17, 15) is 4.79 Å². The van der Waals surface area contributed by atoms with Crippen molar-refractivity contribution in [2.24, 2.45) is 0 Å². The molecule has 2 heterocycles. The first-order chi connectivity index (χ1) is 17.4. The molecule has 1 aliphatic rings. The molecule has 0 aliphatic carbocycles.